The average molecular weight is 444 g/mol. The van der Waals surface area contributed by atoms with Gasteiger partial charge in [-0.3, -0.25) is 9.78 Å². The maximum Gasteiger partial charge on any atom is 0.259 e. The Kier molecular flexibility index (Phi) is 6.25. The maximum atomic E-state index is 13.5. The van der Waals surface area contributed by atoms with Crippen LogP contribution < -0.4 is 4.74 Å². The Morgan fingerprint density at radius 3 is 2.82 bits per heavy atom. The van der Waals surface area contributed by atoms with Crippen LogP contribution in [0.5, 0.6) is 5.75 Å². The third-order valence-electron chi connectivity index (χ3n) is 5.67. The predicted octanol–water partition coefficient (Wildman–Crippen LogP) is 3.52. The van der Waals surface area contributed by atoms with Crippen molar-refractivity contribution < 1.29 is 14.3 Å². The monoisotopic (exact) mass is 443 g/mol. The molecule has 33 heavy (non-hydrogen) atoms. The van der Waals surface area contributed by atoms with Crippen LogP contribution in [0.3, 0.4) is 0 Å². The lowest BCUT2D eigenvalue weighted by atomic mass is 10.1. The number of hydrogen-bond donors (Lipinski definition) is 0. The molecule has 1 amide bonds. The molecule has 1 saturated heterocycles. The highest BCUT2D eigenvalue weighted by Crippen LogP contribution is 2.20. The third-order valence-corrected chi connectivity index (χ3v) is 5.67. The van der Waals surface area contributed by atoms with Gasteiger partial charge in [-0.05, 0) is 42.7 Å². The van der Waals surface area contributed by atoms with Crippen molar-refractivity contribution in [2.24, 2.45) is 0 Å². The molecule has 0 bridgehead atoms. The highest BCUT2D eigenvalue weighted by atomic mass is 16.5. The Hall–Kier alpha value is -3.78. The molecule has 5 rings (SSSR count). The molecule has 1 fully saturated rings. The van der Waals surface area contributed by atoms with E-state index in [0.717, 1.165) is 36.3 Å². The van der Waals surface area contributed by atoms with Crippen LogP contribution in [0.25, 0.3) is 5.65 Å². The maximum absolute atomic E-state index is 13.5. The van der Waals surface area contributed by atoms with E-state index in [1.165, 1.54) is 0 Å². The van der Waals surface area contributed by atoms with E-state index in [4.69, 9.17) is 9.47 Å². The van der Waals surface area contributed by atoms with Gasteiger partial charge in [0.1, 0.15) is 17.9 Å². The lowest BCUT2D eigenvalue weighted by molar-refractivity contribution is 0.0508. The largest absolute Gasteiger partial charge is 0.489 e. The second kappa shape index (κ2) is 9.79. The van der Waals surface area contributed by atoms with E-state index in [1.54, 1.807) is 41.6 Å². The van der Waals surface area contributed by atoms with Gasteiger partial charge in [0.25, 0.3) is 5.91 Å². The number of amides is 1. The molecule has 4 aromatic rings. The smallest absolute Gasteiger partial charge is 0.259 e. The summed E-state index contributed by atoms with van der Waals surface area (Å²) in [5.74, 6) is 0.669. The van der Waals surface area contributed by atoms with Crippen molar-refractivity contribution in [1.29, 1.82) is 0 Å². The Morgan fingerprint density at radius 2 is 2.03 bits per heavy atom. The predicted molar refractivity (Wildman–Crippen MR) is 122 cm³/mol. The molecule has 0 spiro atoms. The molecular weight excluding hydrogens is 418 g/mol. The van der Waals surface area contributed by atoms with Crippen LogP contribution in [0.15, 0.2) is 73.4 Å². The number of hydrogen-bond acceptors (Lipinski definition) is 6. The zero-order valence-electron chi connectivity index (χ0n) is 18.2. The Balaban J connectivity index is 1.31. The van der Waals surface area contributed by atoms with Crippen LogP contribution in [-0.2, 0) is 17.9 Å². The average Bonchev–Trinajstić information content (AvgIpc) is 3.53. The SMILES string of the molecule is O=C(c1cnn2cccnc12)N(Cc1ccc(OCc2cccnc2)cc1)CC1CCCO1. The van der Waals surface area contributed by atoms with E-state index in [9.17, 15) is 4.79 Å². The first kappa shape index (κ1) is 21.1. The van der Waals surface area contributed by atoms with Gasteiger partial charge in [0.2, 0.25) is 0 Å². The number of aromatic nitrogens is 4. The molecule has 1 aliphatic rings. The molecular formula is C25H25N5O3. The first-order valence-electron chi connectivity index (χ1n) is 11.1. The van der Waals surface area contributed by atoms with Crippen molar-refractivity contribution in [2.75, 3.05) is 13.2 Å². The van der Waals surface area contributed by atoms with Crippen molar-refractivity contribution in [1.82, 2.24) is 24.5 Å². The number of carbonyl (C=O) groups is 1. The van der Waals surface area contributed by atoms with Gasteiger partial charge in [0.15, 0.2) is 5.65 Å². The number of pyridine rings is 1. The standard InChI is InChI=1S/C25H25N5O3/c31-25(23-15-28-30-12-3-11-27-24(23)30)29(17-22-5-2-13-32-22)16-19-6-8-21(9-7-19)33-18-20-4-1-10-26-14-20/h1,3-4,6-12,14-15,22H,2,5,13,16-18H2. The molecule has 0 saturated carbocycles. The van der Waals surface area contributed by atoms with Crippen molar-refractivity contribution >= 4 is 11.6 Å². The van der Waals surface area contributed by atoms with Crippen molar-refractivity contribution in [3.05, 3.63) is 90.1 Å². The van der Waals surface area contributed by atoms with Gasteiger partial charge in [-0.1, -0.05) is 18.2 Å². The minimum atomic E-state index is -0.101. The van der Waals surface area contributed by atoms with Crippen LogP contribution in [0.2, 0.25) is 0 Å². The summed E-state index contributed by atoms with van der Waals surface area (Å²) in [5.41, 5.74) is 3.07. The van der Waals surface area contributed by atoms with Gasteiger partial charge in [-0.25, -0.2) is 9.50 Å². The lowest BCUT2D eigenvalue weighted by Crippen LogP contribution is -2.37. The van der Waals surface area contributed by atoms with E-state index in [0.29, 0.717) is 30.9 Å². The van der Waals surface area contributed by atoms with Gasteiger partial charge < -0.3 is 14.4 Å². The molecule has 8 nitrogen and oxygen atoms in total. The van der Waals surface area contributed by atoms with Gasteiger partial charge in [-0.2, -0.15) is 5.10 Å². The number of ether oxygens (including phenoxy) is 2. The summed E-state index contributed by atoms with van der Waals surface area (Å²) in [4.78, 5) is 23.8. The molecule has 1 unspecified atom stereocenters. The summed E-state index contributed by atoms with van der Waals surface area (Å²) in [6.45, 7) is 2.19. The van der Waals surface area contributed by atoms with Crippen LogP contribution in [0.1, 0.15) is 34.3 Å². The number of benzene rings is 1. The van der Waals surface area contributed by atoms with E-state index < -0.39 is 0 Å². The molecule has 168 valence electrons. The van der Waals surface area contributed by atoms with Crippen molar-refractivity contribution in [3.8, 4) is 5.75 Å². The normalized spacial score (nSPS) is 15.6. The van der Waals surface area contributed by atoms with Crippen molar-refractivity contribution in [2.45, 2.75) is 32.1 Å². The summed E-state index contributed by atoms with van der Waals surface area (Å²) >= 11 is 0. The summed E-state index contributed by atoms with van der Waals surface area (Å²) in [7, 11) is 0. The molecule has 1 atom stereocenters. The molecule has 0 N–H and O–H groups in total. The number of carbonyl (C=O) groups excluding carboxylic acids is 1. The van der Waals surface area contributed by atoms with Gasteiger partial charge in [0.05, 0.1) is 12.3 Å². The fourth-order valence-corrected chi connectivity index (χ4v) is 3.96. The first-order valence-corrected chi connectivity index (χ1v) is 11.1. The molecule has 8 heteroatoms. The fraction of sp³-hybridized carbons (Fsp3) is 0.280. The van der Waals surface area contributed by atoms with Crippen LogP contribution in [0.4, 0.5) is 0 Å². The van der Waals surface area contributed by atoms with Crippen LogP contribution >= 0.6 is 0 Å². The van der Waals surface area contributed by atoms with Crippen LogP contribution in [-0.4, -0.2) is 49.6 Å². The zero-order chi connectivity index (χ0) is 22.5. The quantitative estimate of drug-likeness (QED) is 0.414. The summed E-state index contributed by atoms with van der Waals surface area (Å²) < 4.78 is 13.3. The van der Waals surface area contributed by atoms with E-state index in [-0.39, 0.29) is 12.0 Å². The van der Waals surface area contributed by atoms with E-state index in [2.05, 4.69) is 15.1 Å². The van der Waals surface area contributed by atoms with Gasteiger partial charge >= 0.3 is 0 Å². The topological polar surface area (TPSA) is 81.9 Å². The van der Waals surface area contributed by atoms with E-state index >= 15 is 0 Å². The highest BCUT2D eigenvalue weighted by molar-refractivity contribution is 5.99. The second-order valence-corrected chi connectivity index (χ2v) is 8.06. The number of fused-ring (bicyclic) bond motifs is 1. The minimum Gasteiger partial charge on any atom is -0.489 e. The Morgan fingerprint density at radius 1 is 1.12 bits per heavy atom. The molecule has 1 aromatic carbocycles. The molecule has 3 aromatic heterocycles. The molecule has 1 aliphatic heterocycles. The van der Waals surface area contributed by atoms with Gasteiger partial charge in [-0.15, -0.1) is 0 Å². The third kappa shape index (κ3) is 5.01. The summed E-state index contributed by atoms with van der Waals surface area (Å²) in [5, 5.41) is 4.27. The highest BCUT2D eigenvalue weighted by Gasteiger charge is 2.26. The molecule has 4 heterocycles. The van der Waals surface area contributed by atoms with Crippen molar-refractivity contribution in [3.63, 3.8) is 0 Å². The fourth-order valence-electron chi connectivity index (χ4n) is 3.96. The summed E-state index contributed by atoms with van der Waals surface area (Å²) in [6.07, 6.45) is 10.6. The summed E-state index contributed by atoms with van der Waals surface area (Å²) in [6, 6.07) is 13.5. The Labute approximate surface area is 191 Å². The van der Waals surface area contributed by atoms with E-state index in [1.807, 2.05) is 41.3 Å². The minimum absolute atomic E-state index is 0.0471. The lowest BCUT2D eigenvalue weighted by Gasteiger charge is -2.25. The molecule has 0 radical (unpaired) electrons. The Bertz CT molecular complexity index is 1200. The molecule has 0 aliphatic carbocycles. The number of nitrogens with zero attached hydrogens (tertiary/aromatic N) is 5. The second-order valence-electron chi connectivity index (χ2n) is 8.06. The first-order chi connectivity index (χ1) is 16.3. The number of rotatable bonds is 8. The van der Waals surface area contributed by atoms with Gasteiger partial charge in [0, 0.05) is 50.0 Å². The zero-order valence-corrected chi connectivity index (χ0v) is 18.2. The van der Waals surface area contributed by atoms with Crippen LogP contribution in [0, 0.1) is 0 Å².